The van der Waals surface area contributed by atoms with Crippen molar-refractivity contribution in [2.75, 3.05) is 13.6 Å². The molecule has 0 spiro atoms. The van der Waals surface area contributed by atoms with Crippen molar-refractivity contribution in [2.24, 2.45) is 0 Å². The molecule has 1 aromatic rings. The molecule has 90 valence electrons. The fourth-order valence-electron chi connectivity index (χ4n) is 1.66. The van der Waals surface area contributed by atoms with E-state index in [1.165, 1.54) is 0 Å². The van der Waals surface area contributed by atoms with Gasteiger partial charge >= 0.3 is 0 Å². The first-order valence-corrected chi connectivity index (χ1v) is 5.71. The van der Waals surface area contributed by atoms with Crippen molar-refractivity contribution < 1.29 is 10.2 Å². The Kier molecular flexibility index (Phi) is 5.22. The fourth-order valence-corrected chi connectivity index (χ4v) is 2.00. The van der Waals surface area contributed by atoms with Crippen molar-refractivity contribution in [1.29, 1.82) is 0 Å². The molecule has 0 aliphatic rings. The van der Waals surface area contributed by atoms with E-state index < -0.39 is 12.2 Å². The van der Waals surface area contributed by atoms with Gasteiger partial charge in [-0.15, -0.1) is 0 Å². The van der Waals surface area contributed by atoms with Crippen LogP contribution in [0.5, 0.6) is 0 Å². The van der Waals surface area contributed by atoms with E-state index >= 15 is 0 Å². The largest absolute Gasteiger partial charge is 0.390 e. The number of rotatable bonds is 5. The standard InChI is InChI=1S/C12H18ClNO2/c1-8-4-3-5-9(13)11(8)12(16)10(15)6-7-14-2/h3-5,10,12,14-16H,6-7H2,1-2H3. The lowest BCUT2D eigenvalue weighted by atomic mass is 9.98. The SMILES string of the molecule is CNCCC(O)C(O)c1c(C)cccc1Cl. The van der Waals surface area contributed by atoms with Crippen molar-refractivity contribution in [2.45, 2.75) is 25.6 Å². The summed E-state index contributed by atoms with van der Waals surface area (Å²) in [5, 5.41) is 23.2. The van der Waals surface area contributed by atoms with Crippen molar-refractivity contribution in [3.05, 3.63) is 34.3 Å². The highest BCUT2D eigenvalue weighted by molar-refractivity contribution is 6.31. The van der Waals surface area contributed by atoms with Gasteiger partial charge in [0.05, 0.1) is 6.10 Å². The van der Waals surface area contributed by atoms with Gasteiger partial charge in [-0.25, -0.2) is 0 Å². The fraction of sp³-hybridized carbons (Fsp3) is 0.500. The quantitative estimate of drug-likeness (QED) is 0.737. The highest BCUT2D eigenvalue weighted by atomic mass is 35.5. The number of nitrogens with one attached hydrogen (secondary N) is 1. The van der Waals surface area contributed by atoms with E-state index in [0.717, 1.165) is 5.56 Å². The van der Waals surface area contributed by atoms with Crippen molar-refractivity contribution in [3.8, 4) is 0 Å². The second-order valence-electron chi connectivity index (χ2n) is 3.87. The van der Waals surface area contributed by atoms with Gasteiger partial charge in [-0.05, 0) is 38.6 Å². The number of aryl methyl sites for hydroxylation is 1. The van der Waals surface area contributed by atoms with Crippen molar-refractivity contribution in [1.82, 2.24) is 5.32 Å². The molecule has 0 aliphatic heterocycles. The van der Waals surface area contributed by atoms with Crippen molar-refractivity contribution in [3.63, 3.8) is 0 Å². The summed E-state index contributed by atoms with van der Waals surface area (Å²) >= 11 is 6.02. The summed E-state index contributed by atoms with van der Waals surface area (Å²) in [6.45, 7) is 2.52. The summed E-state index contributed by atoms with van der Waals surface area (Å²) in [4.78, 5) is 0. The molecule has 2 unspecified atom stereocenters. The minimum atomic E-state index is -0.929. The summed E-state index contributed by atoms with van der Waals surface area (Å²) in [5.41, 5.74) is 1.51. The molecule has 1 rings (SSSR count). The number of hydrogen-bond acceptors (Lipinski definition) is 3. The molecule has 0 amide bonds. The van der Waals surface area contributed by atoms with Crippen molar-refractivity contribution >= 4 is 11.6 Å². The summed E-state index contributed by atoms with van der Waals surface area (Å²) < 4.78 is 0. The predicted molar refractivity (Wildman–Crippen MR) is 65.7 cm³/mol. The van der Waals surface area contributed by atoms with E-state index in [9.17, 15) is 10.2 Å². The minimum Gasteiger partial charge on any atom is -0.390 e. The molecule has 2 atom stereocenters. The average Bonchev–Trinajstić information content (AvgIpc) is 2.25. The van der Waals surface area contributed by atoms with Gasteiger partial charge in [-0.3, -0.25) is 0 Å². The predicted octanol–water partition coefficient (Wildman–Crippen LogP) is 1.65. The molecule has 0 fully saturated rings. The molecule has 1 aromatic carbocycles. The van der Waals surface area contributed by atoms with Crippen LogP contribution in [0.3, 0.4) is 0 Å². The Morgan fingerprint density at radius 2 is 2.06 bits per heavy atom. The summed E-state index contributed by atoms with van der Waals surface area (Å²) in [6, 6.07) is 5.42. The van der Waals surface area contributed by atoms with Gasteiger partial charge in [0.15, 0.2) is 0 Å². The lowest BCUT2D eigenvalue weighted by molar-refractivity contribution is 0.0137. The highest BCUT2D eigenvalue weighted by Gasteiger charge is 2.21. The van der Waals surface area contributed by atoms with E-state index in [0.29, 0.717) is 23.6 Å². The summed E-state index contributed by atoms with van der Waals surface area (Å²) in [7, 11) is 1.81. The second-order valence-corrected chi connectivity index (χ2v) is 4.28. The lowest BCUT2D eigenvalue weighted by Crippen LogP contribution is -2.24. The third-order valence-electron chi connectivity index (χ3n) is 2.62. The van der Waals surface area contributed by atoms with Crippen LogP contribution in [0.2, 0.25) is 5.02 Å². The molecule has 0 aromatic heterocycles. The Morgan fingerprint density at radius 3 is 2.62 bits per heavy atom. The van der Waals surface area contributed by atoms with Crippen LogP contribution >= 0.6 is 11.6 Å². The molecule has 4 heteroatoms. The molecule has 16 heavy (non-hydrogen) atoms. The molecular weight excluding hydrogens is 226 g/mol. The van der Waals surface area contributed by atoms with Crippen LogP contribution in [-0.2, 0) is 0 Å². The zero-order chi connectivity index (χ0) is 12.1. The summed E-state index contributed by atoms with van der Waals surface area (Å²) in [6.07, 6.45) is -1.24. The van der Waals surface area contributed by atoms with E-state index in [4.69, 9.17) is 11.6 Å². The average molecular weight is 244 g/mol. The van der Waals surface area contributed by atoms with Gasteiger partial charge < -0.3 is 15.5 Å². The lowest BCUT2D eigenvalue weighted by Gasteiger charge is -2.20. The summed E-state index contributed by atoms with van der Waals surface area (Å²) in [5.74, 6) is 0. The third kappa shape index (κ3) is 3.19. The smallest absolute Gasteiger partial charge is 0.107 e. The normalized spacial score (nSPS) is 14.8. The Bertz CT molecular complexity index is 324. The first kappa shape index (κ1) is 13.5. The number of halogens is 1. The zero-order valence-corrected chi connectivity index (χ0v) is 10.3. The highest BCUT2D eigenvalue weighted by Crippen LogP contribution is 2.29. The van der Waals surface area contributed by atoms with Crippen LogP contribution in [-0.4, -0.2) is 29.9 Å². The second kappa shape index (κ2) is 6.21. The van der Waals surface area contributed by atoms with Crippen LogP contribution in [0.1, 0.15) is 23.7 Å². The number of benzene rings is 1. The topological polar surface area (TPSA) is 52.5 Å². The molecule has 3 nitrogen and oxygen atoms in total. The molecular formula is C12H18ClNO2. The Hall–Kier alpha value is -0.610. The number of aliphatic hydroxyl groups is 2. The Balaban J connectivity index is 2.82. The molecule has 0 radical (unpaired) electrons. The van der Waals surface area contributed by atoms with E-state index in [1.54, 1.807) is 13.1 Å². The van der Waals surface area contributed by atoms with Gasteiger partial charge in [0.2, 0.25) is 0 Å². The van der Waals surface area contributed by atoms with Crippen LogP contribution < -0.4 is 5.32 Å². The number of aliphatic hydroxyl groups excluding tert-OH is 2. The van der Waals surface area contributed by atoms with E-state index in [2.05, 4.69) is 5.32 Å². The minimum absolute atomic E-state index is 0.488. The maximum atomic E-state index is 10.0. The van der Waals surface area contributed by atoms with Gasteiger partial charge in [-0.2, -0.15) is 0 Å². The zero-order valence-electron chi connectivity index (χ0n) is 9.57. The Labute approximate surface area is 101 Å². The van der Waals surface area contributed by atoms with E-state index in [-0.39, 0.29) is 0 Å². The van der Waals surface area contributed by atoms with Crippen LogP contribution in [0.25, 0.3) is 0 Å². The molecule has 0 aliphatic carbocycles. The monoisotopic (exact) mass is 243 g/mol. The maximum Gasteiger partial charge on any atom is 0.107 e. The van der Waals surface area contributed by atoms with Gasteiger partial charge in [0.1, 0.15) is 6.10 Å². The van der Waals surface area contributed by atoms with Gasteiger partial charge in [0, 0.05) is 10.6 Å². The first-order chi connectivity index (χ1) is 7.57. The molecule has 0 saturated heterocycles. The van der Waals surface area contributed by atoms with Crippen LogP contribution in [0, 0.1) is 6.92 Å². The molecule has 0 bridgehead atoms. The first-order valence-electron chi connectivity index (χ1n) is 5.33. The molecule has 3 N–H and O–H groups in total. The van der Waals surface area contributed by atoms with Crippen LogP contribution in [0.4, 0.5) is 0 Å². The third-order valence-corrected chi connectivity index (χ3v) is 2.95. The number of hydrogen-bond donors (Lipinski definition) is 3. The Morgan fingerprint density at radius 1 is 1.38 bits per heavy atom. The van der Waals surface area contributed by atoms with Gasteiger partial charge in [0.25, 0.3) is 0 Å². The maximum absolute atomic E-state index is 10.0. The van der Waals surface area contributed by atoms with Crippen LogP contribution in [0.15, 0.2) is 18.2 Å². The molecule has 0 heterocycles. The van der Waals surface area contributed by atoms with Gasteiger partial charge in [-0.1, -0.05) is 23.7 Å². The van der Waals surface area contributed by atoms with E-state index in [1.807, 2.05) is 19.1 Å². The molecule has 0 saturated carbocycles.